The summed E-state index contributed by atoms with van der Waals surface area (Å²) in [6.07, 6.45) is 4.43. The molecule has 0 atom stereocenters. The van der Waals surface area contributed by atoms with E-state index in [9.17, 15) is 0 Å². The average molecular weight is 245 g/mol. The van der Waals surface area contributed by atoms with Gasteiger partial charge < -0.3 is 4.74 Å². The number of hydrogen-bond donors (Lipinski definition) is 0. The lowest BCUT2D eigenvalue weighted by Gasteiger charge is -2.26. The van der Waals surface area contributed by atoms with Crippen LogP contribution in [0.3, 0.4) is 0 Å². The van der Waals surface area contributed by atoms with Gasteiger partial charge in [0.1, 0.15) is 0 Å². The molecule has 0 amide bonds. The van der Waals surface area contributed by atoms with Gasteiger partial charge in [-0.25, -0.2) is 0 Å². The Bertz CT molecular complexity index is 375. The summed E-state index contributed by atoms with van der Waals surface area (Å²) in [5.74, 6) is 0.609. The standard InChI is InChI=1S/C16H23NO/c1-14(2)3-4-15-5-7-16(8-6-15)13-17-9-11-18-12-10-17/h3-8,14H,9-13H2,1-2H3/b4-3+. The zero-order chi connectivity index (χ0) is 12.8. The van der Waals surface area contributed by atoms with Crippen LogP contribution in [0.2, 0.25) is 0 Å². The minimum atomic E-state index is 0.609. The highest BCUT2D eigenvalue weighted by Gasteiger charge is 2.10. The Labute approximate surface area is 110 Å². The summed E-state index contributed by atoms with van der Waals surface area (Å²) in [6, 6.07) is 8.87. The minimum Gasteiger partial charge on any atom is -0.379 e. The van der Waals surface area contributed by atoms with Gasteiger partial charge in [0.25, 0.3) is 0 Å². The maximum absolute atomic E-state index is 5.36. The molecule has 2 nitrogen and oxygen atoms in total. The fourth-order valence-electron chi connectivity index (χ4n) is 2.06. The number of nitrogens with zero attached hydrogens (tertiary/aromatic N) is 1. The summed E-state index contributed by atoms with van der Waals surface area (Å²) in [5.41, 5.74) is 2.67. The summed E-state index contributed by atoms with van der Waals surface area (Å²) < 4.78 is 5.36. The molecule has 98 valence electrons. The van der Waals surface area contributed by atoms with Gasteiger partial charge in [-0.3, -0.25) is 4.90 Å². The first-order chi connectivity index (χ1) is 8.74. The predicted octanol–water partition coefficient (Wildman–Crippen LogP) is 3.19. The maximum Gasteiger partial charge on any atom is 0.0594 e. The van der Waals surface area contributed by atoms with E-state index in [1.807, 2.05) is 0 Å². The van der Waals surface area contributed by atoms with Crippen LogP contribution in [-0.2, 0) is 11.3 Å². The van der Waals surface area contributed by atoms with Gasteiger partial charge in [0, 0.05) is 19.6 Å². The molecule has 0 aromatic heterocycles. The number of benzene rings is 1. The lowest BCUT2D eigenvalue weighted by molar-refractivity contribution is 0.0342. The van der Waals surface area contributed by atoms with Crippen molar-refractivity contribution >= 4 is 6.08 Å². The molecule has 0 bridgehead atoms. The molecule has 2 heteroatoms. The van der Waals surface area contributed by atoms with Gasteiger partial charge in [-0.15, -0.1) is 0 Å². The van der Waals surface area contributed by atoms with Gasteiger partial charge >= 0.3 is 0 Å². The molecular weight excluding hydrogens is 222 g/mol. The third-order valence-electron chi connectivity index (χ3n) is 3.16. The second-order valence-electron chi connectivity index (χ2n) is 5.23. The fraction of sp³-hybridized carbons (Fsp3) is 0.500. The molecule has 1 aliphatic heterocycles. The molecule has 1 heterocycles. The molecule has 1 aromatic rings. The van der Waals surface area contributed by atoms with Crippen molar-refractivity contribution in [2.45, 2.75) is 20.4 Å². The second kappa shape index (κ2) is 6.72. The Morgan fingerprint density at radius 3 is 2.44 bits per heavy atom. The van der Waals surface area contributed by atoms with Crippen LogP contribution in [-0.4, -0.2) is 31.2 Å². The molecule has 0 spiro atoms. The van der Waals surface area contributed by atoms with Crippen LogP contribution >= 0.6 is 0 Å². The largest absolute Gasteiger partial charge is 0.379 e. The quantitative estimate of drug-likeness (QED) is 0.807. The van der Waals surface area contributed by atoms with E-state index in [4.69, 9.17) is 4.74 Å². The highest BCUT2D eigenvalue weighted by atomic mass is 16.5. The van der Waals surface area contributed by atoms with Crippen LogP contribution in [0.1, 0.15) is 25.0 Å². The number of allylic oxidation sites excluding steroid dienone is 1. The van der Waals surface area contributed by atoms with Crippen LogP contribution in [0.5, 0.6) is 0 Å². The third-order valence-corrected chi connectivity index (χ3v) is 3.16. The van der Waals surface area contributed by atoms with Crippen molar-refractivity contribution in [1.82, 2.24) is 4.90 Å². The molecule has 0 saturated carbocycles. The first kappa shape index (κ1) is 13.3. The molecule has 18 heavy (non-hydrogen) atoms. The van der Waals surface area contributed by atoms with Crippen LogP contribution in [0.25, 0.3) is 6.08 Å². The Morgan fingerprint density at radius 2 is 1.83 bits per heavy atom. The van der Waals surface area contributed by atoms with Crippen molar-refractivity contribution in [1.29, 1.82) is 0 Å². The van der Waals surface area contributed by atoms with E-state index in [2.05, 4.69) is 55.2 Å². The van der Waals surface area contributed by atoms with E-state index in [0.29, 0.717) is 5.92 Å². The lowest BCUT2D eigenvalue weighted by Crippen LogP contribution is -2.35. The summed E-state index contributed by atoms with van der Waals surface area (Å²) in [6.45, 7) is 9.28. The highest BCUT2D eigenvalue weighted by molar-refractivity contribution is 5.49. The average Bonchev–Trinajstić information content (AvgIpc) is 2.39. The van der Waals surface area contributed by atoms with Gasteiger partial charge in [0.05, 0.1) is 13.2 Å². The fourth-order valence-corrected chi connectivity index (χ4v) is 2.06. The van der Waals surface area contributed by atoms with E-state index < -0.39 is 0 Å². The van der Waals surface area contributed by atoms with Crippen molar-refractivity contribution in [3.63, 3.8) is 0 Å². The molecule has 0 aliphatic carbocycles. The molecule has 0 N–H and O–H groups in total. The predicted molar refractivity (Wildman–Crippen MR) is 76.4 cm³/mol. The number of hydrogen-bond acceptors (Lipinski definition) is 2. The third kappa shape index (κ3) is 4.28. The highest BCUT2D eigenvalue weighted by Crippen LogP contribution is 2.11. The van der Waals surface area contributed by atoms with E-state index in [0.717, 1.165) is 32.8 Å². The van der Waals surface area contributed by atoms with Gasteiger partial charge in [0.2, 0.25) is 0 Å². The Kier molecular flexibility index (Phi) is 4.97. The first-order valence-corrected chi connectivity index (χ1v) is 6.81. The van der Waals surface area contributed by atoms with Crippen LogP contribution < -0.4 is 0 Å². The van der Waals surface area contributed by atoms with Gasteiger partial charge in [0.15, 0.2) is 0 Å². The molecule has 2 rings (SSSR count). The van der Waals surface area contributed by atoms with E-state index >= 15 is 0 Å². The molecular formula is C16H23NO. The number of rotatable bonds is 4. The van der Waals surface area contributed by atoms with E-state index in [1.54, 1.807) is 0 Å². The van der Waals surface area contributed by atoms with Crippen molar-refractivity contribution in [2.24, 2.45) is 5.92 Å². The maximum atomic E-state index is 5.36. The first-order valence-electron chi connectivity index (χ1n) is 6.81. The number of morpholine rings is 1. The molecule has 0 radical (unpaired) electrons. The van der Waals surface area contributed by atoms with Gasteiger partial charge in [-0.2, -0.15) is 0 Å². The topological polar surface area (TPSA) is 12.5 Å². The Balaban J connectivity index is 1.90. The number of ether oxygens (including phenoxy) is 1. The lowest BCUT2D eigenvalue weighted by atomic mass is 10.1. The minimum absolute atomic E-state index is 0.609. The Morgan fingerprint density at radius 1 is 1.17 bits per heavy atom. The molecule has 1 fully saturated rings. The summed E-state index contributed by atoms with van der Waals surface area (Å²) in [5, 5.41) is 0. The summed E-state index contributed by atoms with van der Waals surface area (Å²) >= 11 is 0. The summed E-state index contributed by atoms with van der Waals surface area (Å²) in [7, 11) is 0. The zero-order valence-electron chi connectivity index (χ0n) is 11.4. The molecule has 1 saturated heterocycles. The monoisotopic (exact) mass is 245 g/mol. The smallest absolute Gasteiger partial charge is 0.0594 e. The van der Waals surface area contributed by atoms with Crippen LogP contribution in [0.15, 0.2) is 30.3 Å². The normalized spacial score (nSPS) is 17.7. The molecule has 1 aliphatic rings. The summed E-state index contributed by atoms with van der Waals surface area (Å²) in [4.78, 5) is 2.45. The van der Waals surface area contributed by atoms with Crippen molar-refractivity contribution < 1.29 is 4.74 Å². The van der Waals surface area contributed by atoms with Gasteiger partial charge in [-0.05, 0) is 17.0 Å². The van der Waals surface area contributed by atoms with Crippen molar-refractivity contribution in [3.05, 3.63) is 41.5 Å². The SMILES string of the molecule is CC(C)/C=C/c1ccc(CN2CCOCC2)cc1. The van der Waals surface area contributed by atoms with Crippen LogP contribution in [0, 0.1) is 5.92 Å². The van der Waals surface area contributed by atoms with E-state index in [-0.39, 0.29) is 0 Å². The molecule has 0 unspecified atom stereocenters. The Hall–Kier alpha value is -1.12. The van der Waals surface area contributed by atoms with Crippen molar-refractivity contribution in [2.75, 3.05) is 26.3 Å². The second-order valence-corrected chi connectivity index (χ2v) is 5.23. The zero-order valence-corrected chi connectivity index (χ0v) is 11.4. The molecule has 1 aromatic carbocycles. The van der Waals surface area contributed by atoms with Crippen LogP contribution in [0.4, 0.5) is 0 Å². The van der Waals surface area contributed by atoms with Gasteiger partial charge in [-0.1, -0.05) is 50.3 Å². The van der Waals surface area contributed by atoms with E-state index in [1.165, 1.54) is 11.1 Å². The van der Waals surface area contributed by atoms with Crippen molar-refractivity contribution in [3.8, 4) is 0 Å².